The lowest BCUT2D eigenvalue weighted by atomic mass is 10.2. The minimum atomic E-state index is 0.220. The molecule has 0 atom stereocenters. The molecule has 2 aromatic carbocycles. The minimum absolute atomic E-state index is 0.220. The molecule has 1 aliphatic carbocycles. The number of para-hydroxylation sites is 2. The number of carbonyl (C=O) groups excluding carboxylic acids is 1. The normalized spacial score (nSPS) is 13.5. The monoisotopic (exact) mass is 405 g/mol. The fraction of sp³-hybridized carbons (Fsp3) is 0.440. The van der Waals surface area contributed by atoms with Crippen LogP contribution in [0.4, 0.5) is 0 Å². The predicted molar refractivity (Wildman–Crippen MR) is 120 cm³/mol. The van der Waals surface area contributed by atoms with Crippen LogP contribution in [0.25, 0.3) is 11.0 Å². The van der Waals surface area contributed by atoms with Crippen LogP contribution < -0.4 is 10.1 Å². The van der Waals surface area contributed by atoms with E-state index in [0.29, 0.717) is 0 Å². The summed E-state index contributed by atoms with van der Waals surface area (Å²) in [7, 11) is 0. The van der Waals surface area contributed by atoms with E-state index in [1.165, 1.54) is 11.1 Å². The number of benzene rings is 2. The van der Waals surface area contributed by atoms with Gasteiger partial charge in [-0.2, -0.15) is 0 Å². The summed E-state index contributed by atoms with van der Waals surface area (Å²) in [5.74, 6) is 2.54. The summed E-state index contributed by atoms with van der Waals surface area (Å²) >= 11 is 0. The molecule has 1 heterocycles. The van der Waals surface area contributed by atoms with E-state index < -0.39 is 0 Å². The number of ether oxygens (including phenoxy) is 1. The van der Waals surface area contributed by atoms with Gasteiger partial charge >= 0.3 is 0 Å². The lowest BCUT2D eigenvalue weighted by Crippen LogP contribution is -2.26. The average Bonchev–Trinajstić information content (AvgIpc) is 3.54. The molecule has 0 spiro atoms. The number of rotatable bonds is 11. The molecule has 1 amide bonds. The Bertz CT molecular complexity index is 991. The van der Waals surface area contributed by atoms with Crippen LogP contribution in [-0.4, -0.2) is 28.6 Å². The lowest BCUT2D eigenvalue weighted by molar-refractivity contribution is -0.122. The van der Waals surface area contributed by atoms with Crippen LogP contribution >= 0.6 is 0 Å². The minimum Gasteiger partial charge on any atom is -0.494 e. The largest absolute Gasteiger partial charge is 0.494 e. The first-order valence-electron chi connectivity index (χ1n) is 11.1. The molecule has 5 heteroatoms. The van der Waals surface area contributed by atoms with Gasteiger partial charge in [0.1, 0.15) is 11.6 Å². The molecule has 0 saturated heterocycles. The van der Waals surface area contributed by atoms with Crippen molar-refractivity contribution in [3.05, 3.63) is 59.9 Å². The van der Waals surface area contributed by atoms with Crippen molar-refractivity contribution in [1.82, 2.24) is 14.9 Å². The van der Waals surface area contributed by atoms with Crippen molar-refractivity contribution in [3.63, 3.8) is 0 Å². The summed E-state index contributed by atoms with van der Waals surface area (Å²) in [6.07, 6.45) is 5.93. The molecule has 0 aliphatic heterocycles. The number of aryl methyl sites for hydroxylation is 3. The molecular formula is C25H31N3O2. The van der Waals surface area contributed by atoms with E-state index in [-0.39, 0.29) is 11.8 Å². The number of nitrogens with one attached hydrogen (secondary N) is 1. The first-order valence-corrected chi connectivity index (χ1v) is 11.1. The van der Waals surface area contributed by atoms with E-state index in [4.69, 9.17) is 9.72 Å². The number of carbonyl (C=O) groups is 1. The van der Waals surface area contributed by atoms with E-state index in [9.17, 15) is 4.79 Å². The highest BCUT2D eigenvalue weighted by atomic mass is 16.5. The van der Waals surface area contributed by atoms with Crippen LogP contribution in [0.1, 0.15) is 43.5 Å². The van der Waals surface area contributed by atoms with Crippen LogP contribution in [0.15, 0.2) is 48.5 Å². The van der Waals surface area contributed by atoms with Crippen LogP contribution in [-0.2, 0) is 17.8 Å². The van der Waals surface area contributed by atoms with Crippen molar-refractivity contribution in [2.75, 3.05) is 13.2 Å². The molecule has 0 unspecified atom stereocenters. The summed E-state index contributed by atoms with van der Waals surface area (Å²) in [5, 5.41) is 3.05. The molecule has 0 bridgehead atoms. The van der Waals surface area contributed by atoms with Gasteiger partial charge in [0, 0.05) is 25.4 Å². The molecular weight excluding hydrogens is 374 g/mol. The second-order valence-electron chi connectivity index (χ2n) is 8.21. The zero-order chi connectivity index (χ0) is 20.8. The van der Waals surface area contributed by atoms with Crippen molar-refractivity contribution in [2.24, 2.45) is 5.92 Å². The van der Waals surface area contributed by atoms with Crippen molar-refractivity contribution in [3.8, 4) is 5.75 Å². The SMILES string of the molecule is Cc1cccc(OCCCCn2c(CCCNC(=O)C3CC3)nc3ccccc32)c1. The van der Waals surface area contributed by atoms with Crippen LogP contribution in [0.2, 0.25) is 0 Å². The van der Waals surface area contributed by atoms with Crippen LogP contribution in [0, 0.1) is 12.8 Å². The molecule has 1 N–H and O–H groups in total. The van der Waals surface area contributed by atoms with Gasteiger partial charge in [-0.3, -0.25) is 4.79 Å². The van der Waals surface area contributed by atoms with Crippen molar-refractivity contribution < 1.29 is 9.53 Å². The maximum atomic E-state index is 11.8. The standard InChI is InChI=1S/C25H31N3O2/c1-19-8-6-9-21(18-19)30-17-5-4-16-28-23-11-3-2-10-22(23)27-24(28)12-7-15-26-25(29)20-13-14-20/h2-3,6,8-11,18,20H,4-5,7,12-17H2,1H3,(H,26,29). The Balaban J connectivity index is 1.29. The summed E-state index contributed by atoms with van der Waals surface area (Å²) in [6, 6.07) is 16.5. The van der Waals surface area contributed by atoms with Gasteiger partial charge in [0.15, 0.2) is 0 Å². The van der Waals surface area contributed by atoms with E-state index in [1.54, 1.807) is 0 Å². The third kappa shape index (κ3) is 5.41. The number of imidazole rings is 1. The van der Waals surface area contributed by atoms with Gasteiger partial charge in [-0.1, -0.05) is 24.3 Å². The zero-order valence-electron chi connectivity index (χ0n) is 17.8. The second kappa shape index (κ2) is 9.79. The first kappa shape index (κ1) is 20.5. The molecule has 0 radical (unpaired) electrons. The van der Waals surface area contributed by atoms with Crippen molar-refractivity contribution in [2.45, 2.75) is 52.0 Å². The summed E-state index contributed by atoms with van der Waals surface area (Å²) in [4.78, 5) is 16.7. The Morgan fingerprint density at radius 1 is 1.13 bits per heavy atom. The maximum Gasteiger partial charge on any atom is 0.223 e. The summed E-state index contributed by atoms with van der Waals surface area (Å²) < 4.78 is 8.22. The van der Waals surface area contributed by atoms with Gasteiger partial charge < -0.3 is 14.6 Å². The molecule has 158 valence electrons. The Morgan fingerprint density at radius 2 is 2.00 bits per heavy atom. The van der Waals surface area contributed by atoms with E-state index in [1.807, 2.05) is 18.2 Å². The Hall–Kier alpha value is -2.82. The van der Waals surface area contributed by atoms with Crippen LogP contribution in [0.5, 0.6) is 5.75 Å². The number of hydrogen-bond acceptors (Lipinski definition) is 3. The molecule has 1 aliphatic rings. The van der Waals surface area contributed by atoms with E-state index in [2.05, 4.69) is 47.1 Å². The Kier molecular flexibility index (Phi) is 6.67. The lowest BCUT2D eigenvalue weighted by Gasteiger charge is -2.11. The highest BCUT2D eigenvalue weighted by Crippen LogP contribution is 2.28. The fourth-order valence-electron chi connectivity index (χ4n) is 3.78. The molecule has 4 rings (SSSR count). The Morgan fingerprint density at radius 3 is 2.83 bits per heavy atom. The molecule has 1 saturated carbocycles. The summed E-state index contributed by atoms with van der Waals surface area (Å²) in [5.41, 5.74) is 3.45. The van der Waals surface area contributed by atoms with Crippen LogP contribution in [0.3, 0.4) is 0 Å². The number of hydrogen-bond donors (Lipinski definition) is 1. The molecule has 1 fully saturated rings. The molecule has 5 nitrogen and oxygen atoms in total. The number of aromatic nitrogens is 2. The van der Waals surface area contributed by atoms with Gasteiger partial charge in [-0.15, -0.1) is 0 Å². The second-order valence-corrected chi connectivity index (χ2v) is 8.21. The van der Waals surface area contributed by atoms with Gasteiger partial charge in [0.2, 0.25) is 5.91 Å². The highest BCUT2D eigenvalue weighted by molar-refractivity contribution is 5.80. The summed E-state index contributed by atoms with van der Waals surface area (Å²) in [6.45, 7) is 4.46. The third-order valence-corrected chi connectivity index (χ3v) is 5.59. The number of nitrogens with zero attached hydrogens (tertiary/aromatic N) is 2. The maximum absolute atomic E-state index is 11.8. The van der Waals surface area contributed by atoms with Gasteiger partial charge in [0.25, 0.3) is 0 Å². The number of fused-ring (bicyclic) bond motifs is 1. The quantitative estimate of drug-likeness (QED) is 0.472. The van der Waals surface area contributed by atoms with Gasteiger partial charge in [-0.05, 0) is 68.9 Å². The van der Waals surface area contributed by atoms with Gasteiger partial charge in [-0.25, -0.2) is 4.98 Å². The molecule has 1 aromatic heterocycles. The zero-order valence-corrected chi connectivity index (χ0v) is 17.8. The Labute approximate surface area is 178 Å². The number of unbranched alkanes of at least 4 members (excludes halogenated alkanes) is 1. The predicted octanol–water partition coefficient (Wildman–Crippen LogP) is 4.66. The first-order chi connectivity index (χ1) is 14.7. The van der Waals surface area contributed by atoms with Crippen molar-refractivity contribution >= 4 is 16.9 Å². The number of amides is 1. The third-order valence-electron chi connectivity index (χ3n) is 5.59. The average molecular weight is 406 g/mol. The fourth-order valence-corrected chi connectivity index (χ4v) is 3.78. The molecule has 3 aromatic rings. The van der Waals surface area contributed by atoms with E-state index in [0.717, 1.165) is 75.3 Å². The highest BCUT2D eigenvalue weighted by Gasteiger charge is 2.29. The molecule has 30 heavy (non-hydrogen) atoms. The topological polar surface area (TPSA) is 56.1 Å². The van der Waals surface area contributed by atoms with Crippen molar-refractivity contribution in [1.29, 1.82) is 0 Å². The van der Waals surface area contributed by atoms with Gasteiger partial charge in [0.05, 0.1) is 17.6 Å². The van der Waals surface area contributed by atoms with E-state index >= 15 is 0 Å². The smallest absolute Gasteiger partial charge is 0.223 e.